The summed E-state index contributed by atoms with van der Waals surface area (Å²) in [6.07, 6.45) is 2.88. The lowest BCUT2D eigenvalue weighted by Crippen LogP contribution is -2.05. The standard InChI is InChI=1S/C16H21N3/c1-5-7-17-16-18-8-6-14(19-16)15-12(3)9-11(2)10-13(15)4/h6,8-10H,5,7H2,1-4H3,(H,17,18,19). The molecule has 0 aliphatic rings. The molecule has 19 heavy (non-hydrogen) atoms. The first kappa shape index (κ1) is 13.5. The summed E-state index contributed by atoms with van der Waals surface area (Å²) in [7, 11) is 0. The summed E-state index contributed by atoms with van der Waals surface area (Å²) in [4.78, 5) is 8.87. The Bertz CT molecular complexity index is 553. The van der Waals surface area contributed by atoms with Crippen LogP contribution in [0.2, 0.25) is 0 Å². The van der Waals surface area contributed by atoms with Crippen molar-refractivity contribution in [1.82, 2.24) is 9.97 Å². The average Bonchev–Trinajstić information content (AvgIpc) is 2.35. The SMILES string of the molecule is CCCNc1nccc(-c2c(C)cc(C)cc2C)n1. The second kappa shape index (κ2) is 5.83. The number of benzene rings is 1. The lowest BCUT2D eigenvalue weighted by Gasteiger charge is -2.12. The molecule has 100 valence electrons. The Morgan fingerprint density at radius 3 is 2.42 bits per heavy atom. The van der Waals surface area contributed by atoms with Gasteiger partial charge in [-0.3, -0.25) is 0 Å². The minimum atomic E-state index is 0.707. The largest absolute Gasteiger partial charge is 0.354 e. The Hall–Kier alpha value is -1.90. The van der Waals surface area contributed by atoms with Crippen LogP contribution < -0.4 is 5.32 Å². The van der Waals surface area contributed by atoms with Crippen molar-refractivity contribution in [1.29, 1.82) is 0 Å². The Morgan fingerprint density at radius 2 is 1.79 bits per heavy atom. The van der Waals surface area contributed by atoms with Crippen LogP contribution in [0.3, 0.4) is 0 Å². The fraction of sp³-hybridized carbons (Fsp3) is 0.375. The van der Waals surface area contributed by atoms with Crippen LogP contribution in [0.5, 0.6) is 0 Å². The molecule has 0 atom stereocenters. The minimum absolute atomic E-state index is 0.707. The average molecular weight is 255 g/mol. The third-order valence-corrected chi connectivity index (χ3v) is 3.12. The number of aryl methyl sites for hydroxylation is 3. The highest BCUT2D eigenvalue weighted by molar-refractivity contribution is 5.68. The predicted molar refractivity (Wildman–Crippen MR) is 80.5 cm³/mol. The number of nitrogens with one attached hydrogen (secondary N) is 1. The molecule has 0 amide bonds. The van der Waals surface area contributed by atoms with Crippen LogP contribution in [0.1, 0.15) is 30.0 Å². The van der Waals surface area contributed by atoms with Gasteiger partial charge in [-0.25, -0.2) is 9.97 Å². The molecule has 1 aromatic carbocycles. The van der Waals surface area contributed by atoms with E-state index in [1.807, 2.05) is 12.3 Å². The van der Waals surface area contributed by atoms with E-state index in [2.05, 4.69) is 55.1 Å². The lowest BCUT2D eigenvalue weighted by molar-refractivity contribution is 0.953. The van der Waals surface area contributed by atoms with Crippen molar-refractivity contribution < 1.29 is 0 Å². The molecule has 0 spiro atoms. The van der Waals surface area contributed by atoms with Gasteiger partial charge in [-0.2, -0.15) is 0 Å². The molecular formula is C16H21N3. The number of hydrogen-bond acceptors (Lipinski definition) is 3. The molecule has 2 rings (SSSR count). The second-order valence-electron chi connectivity index (χ2n) is 4.97. The molecular weight excluding hydrogens is 234 g/mol. The molecule has 1 N–H and O–H groups in total. The van der Waals surface area contributed by atoms with E-state index in [1.165, 1.54) is 22.3 Å². The summed E-state index contributed by atoms with van der Waals surface area (Å²) in [5.41, 5.74) is 6.02. The smallest absolute Gasteiger partial charge is 0.223 e. The van der Waals surface area contributed by atoms with Gasteiger partial charge < -0.3 is 5.32 Å². The van der Waals surface area contributed by atoms with Crippen molar-refractivity contribution >= 4 is 5.95 Å². The maximum Gasteiger partial charge on any atom is 0.223 e. The predicted octanol–water partition coefficient (Wildman–Crippen LogP) is 3.89. The Kier molecular flexibility index (Phi) is 4.15. The minimum Gasteiger partial charge on any atom is -0.354 e. The number of hydrogen-bond donors (Lipinski definition) is 1. The van der Waals surface area contributed by atoms with Gasteiger partial charge in [0.25, 0.3) is 0 Å². The van der Waals surface area contributed by atoms with Gasteiger partial charge >= 0.3 is 0 Å². The van der Waals surface area contributed by atoms with E-state index in [9.17, 15) is 0 Å². The molecule has 0 saturated carbocycles. The summed E-state index contributed by atoms with van der Waals surface area (Å²) in [6.45, 7) is 9.42. The first-order valence-electron chi connectivity index (χ1n) is 6.77. The highest BCUT2D eigenvalue weighted by Crippen LogP contribution is 2.27. The fourth-order valence-corrected chi connectivity index (χ4v) is 2.40. The topological polar surface area (TPSA) is 37.8 Å². The molecule has 0 saturated heterocycles. The zero-order chi connectivity index (χ0) is 13.8. The monoisotopic (exact) mass is 255 g/mol. The third kappa shape index (κ3) is 3.11. The van der Waals surface area contributed by atoms with Gasteiger partial charge in [-0.1, -0.05) is 24.6 Å². The molecule has 3 heteroatoms. The summed E-state index contributed by atoms with van der Waals surface area (Å²) < 4.78 is 0. The molecule has 1 aromatic heterocycles. The summed E-state index contributed by atoms with van der Waals surface area (Å²) in [6, 6.07) is 6.37. The van der Waals surface area contributed by atoms with Crippen molar-refractivity contribution in [3.05, 3.63) is 41.1 Å². The van der Waals surface area contributed by atoms with E-state index in [0.717, 1.165) is 18.7 Å². The van der Waals surface area contributed by atoms with Crippen molar-refractivity contribution in [2.75, 3.05) is 11.9 Å². The van der Waals surface area contributed by atoms with Crippen LogP contribution >= 0.6 is 0 Å². The van der Waals surface area contributed by atoms with Crippen molar-refractivity contribution in [2.45, 2.75) is 34.1 Å². The molecule has 3 nitrogen and oxygen atoms in total. The van der Waals surface area contributed by atoms with Crippen molar-refractivity contribution in [3.63, 3.8) is 0 Å². The van der Waals surface area contributed by atoms with Crippen LogP contribution in [-0.4, -0.2) is 16.5 Å². The molecule has 0 aliphatic carbocycles. The number of anilines is 1. The van der Waals surface area contributed by atoms with E-state index in [1.54, 1.807) is 0 Å². The molecule has 0 bridgehead atoms. The summed E-state index contributed by atoms with van der Waals surface area (Å²) in [5, 5.41) is 3.23. The number of nitrogens with zero attached hydrogens (tertiary/aromatic N) is 2. The molecule has 1 heterocycles. The summed E-state index contributed by atoms with van der Waals surface area (Å²) >= 11 is 0. The zero-order valence-electron chi connectivity index (χ0n) is 12.1. The van der Waals surface area contributed by atoms with Crippen LogP contribution in [-0.2, 0) is 0 Å². The number of aromatic nitrogens is 2. The second-order valence-corrected chi connectivity index (χ2v) is 4.97. The van der Waals surface area contributed by atoms with E-state index < -0.39 is 0 Å². The van der Waals surface area contributed by atoms with Crippen LogP contribution in [0.25, 0.3) is 11.3 Å². The van der Waals surface area contributed by atoms with Gasteiger partial charge in [-0.05, 0) is 44.4 Å². The molecule has 0 fully saturated rings. The van der Waals surface area contributed by atoms with E-state index in [0.29, 0.717) is 5.95 Å². The van der Waals surface area contributed by atoms with Gasteiger partial charge in [0, 0.05) is 18.3 Å². The molecule has 0 radical (unpaired) electrons. The third-order valence-electron chi connectivity index (χ3n) is 3.12. The lowest BCUT2D eigenvalue weighted by atomic mass is 9.97. The first-order valence-corrected chi connectivity index (χ1v) is 6.77. The first-order chi connectivity index (χ1) is 9.11. The molecule has 0 unspecified atom stereocenters. The Labute approximate surface area is 115 Å². The van der Waals surface area contributed by atoms with Gasteiger partial charge in [0.05, 0.1) is 5.69 Å². The van der Waals surface area contributed by atoms with Gasteiger partial charge in [0.15, 0.2) is 0 Å². The van der Waals surface area contributed by atoms with Gasteiger partial charge in [0.1, 0.15) is 0 Å². The Morgan fingerprint density at radius 1 is 1.11 bits per heavy atom. The molecule has 2 aromatic rings. The quantitative estimate of drug-likeness (QED) is 0.900. The normalized spacial score (nSPS) is 10.5. The highest BCUT2D eigenvalue weighted by Gasteiger charge is 2.09. The Balaban J connectivity index is 2.42. The maximum absolute atomic E-state index is 4.61. The van der Waals surface area contributed by atoms with Crippen LogP contribution in [0.4, 0.5) is 5.95 Å². The fourth-order valence-electron chi connectivity index (χ4n) is 2.40. The van der Waals surface area contributed by atoms with Crippen molar-refractivity contribution in [3.8, 4) is 11.3 Å². The van der Waals surface area contributed by atoms with Gasteiger partial charge in [-0.15, -0.1) is 0 Å². The summed E-state index contributed by atoms with van der Waals surface area (Å²) in [5.74, 6) is 0.707. The maximum atomic E-state index is 4.61. The van der Waals surface area contributed by atoms with E-state index in [4.69, 9.17) is 0 Å². The number of rotatable bonds is 4. The van der Waals surface area contributed by atoms with Crippen LogP contribution in [0, 0.1) is 20.8 Å². The van der Waals surface area contributed by atoms with Gasteiger partial charge in [0.2, 0.25) is 5.95 Å². The van der Waals surface area contributed by atoms with E-state index >= 15 is 0 Å². The van der Waals surface area contributed by atoms with Crippen molar-refractivity contribution in [2.24, 2.45) is 0 Å². The molecule has 0 aliphatic heterocycles. The zero-order valence-corrected chi connectivity index (χ0v) is 12.1. The van der Waals surface area contributed by atoms with Crippen LogP contribution in [0.15, 0.2) is 24.4 Å². The van der Waals surface area contributed by atoms with E-state index in [-0.39, 0.29) is 0 Å². The highest BCUT2D eigenvalue weighted by atomic mass is 15.1.